The third-order valence-electron chi connectivity index (χ3n) is 3.28. The van der Waals surface area contributed by atoms with Gasteiger partial charge in [-0.15, -0.1) is 5.10 Å². The molecule has 0 spiro atoms. The minimum absolute atomic E-state index is 0.129. The van der Waals surface area contributed by atoms with E-state index in [9.17, 15) is 0 Å². The molecule has 1 aromatic carbocycles. The smallest absolute Gasteiger partial charge is 0.123 e. The minimum Gasteiger partial charge on any atom is -0.488 e. The highest BCUT2D eigenvalue weighted by molar-refractivity contribution is 5.37. The number of aromatic nitrogens is 3. The number of nitrogens with zero attached hydrogens (tertiary/aromatic N) is 3. The summed E-state index contributed by atoms with van der Waals surface area (Å²) in [5.74, 6) is 0.980. The van der Waals surface area contributed by atoms with Gasteiger partial charge in [0.05, 0.1) is 12.2 Å². The lowest BCUT2D eigenvalue weighted by atomic mass is 10.1. The highest BCUT2D eigenvalue weighted by Gasteiger charge is 2.22. The van der Waals surface area contributed by atoms with Crippen LogP contribution in [0.25, 0.3) is 0 Å². The fourth-order valence-electron chi connectivity index (χ4n) is 2.37. The minimum atomic E-state index is 0.129. The number of fused-ring (bicyclic) bond motifs is 1. The maximum absolute atomic E-state index is 8.79. The van der Waals surface area contributed by atoms with Crippen molar-refractivity contribution in [1.82, 2.24) is 15.0 Å². The Labute approximate surface area is 111 Å². The van der Waals surface area contributed by atoms with E-state index in [2.05, 4.69) is 16.4 Å². The average molecular weight is 259 g/mol. The largest absolute Gasteiger partial charge is 0.488 e. The van der Waals surface area contributed by atoms with Gasteiger partial charge in [-0.2, -0.15) is 0 Å². The highest BCUT2D eigenvalue weighted by Crippen LogP contribution is 2.28. The zero-order chi connectivity index (χ0) is 13.1. The number of benzene rings is 1. The lowest BCUT2D eigenvalue weighted by Crippen LogP contribution is -2.21. The van der Waals surface area contributed by atoms with Crippen molar-refractivity contribution >= 4 is 0 Å². The number of aryl methyl sites for hydroxylation is 1. The Balaban J connectivity index is 1.60. The van der Waals surface area contributed by atoms with Crippen LogP contribution in [0.5, 0.6) is 5.75 Å². The Morgan fingerprint density at radius 1 is 1.37 bits per heavy atom. The highest BCUT2D eigenvalue weighted by atomic mass is 16.5. The maximum Gasteiger partial charge on any atom is 0.123 e. The summed E-state index contributed by atoms with van der Waals surface area (Å²) >= 11 is 0. The van der Waals surface area contributed by atoms with E-state index in [1.54, 1.807) is 0 Å². The van der Waals surface area contributed by atoms with Gasteiger partial charge in [0.25, 0.3) is 0 Å². The molecule has 100 valence electrons. The molecule has 0 saturated heterocycles. The third kappa shape index (κ3) is 2.76. The molecule has 1 aliphatic rings. The normalized spacial score (nSPS) is 17.2. The van der Waals surface area contributed by atoms with Gasteiger partial charge >= 0.3 is 0 Å². The Morgan fingerprint density at radius 3 is 3.11 bits per heavy atom. The zero-order valence-electron chi connectivity index (χ0n) is 10.7. The first-order valence-electron chi connectivity index (χ1n) is 6.59. The predicted molar refractivity (Wildman–Crippen MR) is 70.0 cm³/mol. The molecule has 1 aromatic heterocycles. The molecule has 19 heavy (non-hydrogen) atoms. The van der Waals surface area contributed by atoms with Crippen molar-refractivity contribution in [3.63, 3.8) is 0 Å². The summed E-state index contributed by atoms with van der Waals surface area (Å²) < 4.78 is 7.70. The molecule has 0 radical (unpaired) electrons. The van der Waals surface area contributed by atoms with E-state index in [4.69, 9.17) is 9.84 Å². The van der Waals surface area contributed by atoms with Crippen LogP contribution in [0.4, 0.5) is 0 Å². The van der Waals surface area contributed by atoms with Crippen LogP contribution in [-0.2, 0) is 19.4 Å². The molecule has 5 nitrogen and oxygen atoms in total. The van der Waals surface area contributed by atoms with Gasteiger partial charge in [0.15, 0.2) is 0 Å². The van der Waals surface area contributed by atoms with E-state index in [0.29, 0.717) is 6.54 Å². The summed E-state index contributed by atoms with van der Waals surface area (Å²) in [6.45, 7) is 0.898. The van der Waals surface area contributed by atoms with E-state index in [-0.39, 0.29) is 12.7 Å². The third-order valence-corrected chi connectivity index (χ3v) is 3.28. The van der Waals surface area contributed by atoms with Crippen molar-refractivity contribution in [3.05, 3.63) is 41.7 Å². The molecule has 0 bridgehead atoms. The zero-order valence-corrected chi connectivity index (χ0v) is 10.7. The monoisotopic (exact) mass is 259 g/mol. The fourth-order valence-corrected chi connectivity index (χ4v) is 2.37. The summed E-state index contributed by atoms with van der Waals surface area (Å²) in [7, 11) is 0. The van der Waals surface area contributed by atoms with Crippen molar-refractivity contribution in [2.45, 2.75) is 31.9 Å². The second-order valence-electron chi connectivity index (χ2n) is 4.81. The van der Waals surface area contributed by atoms with Gasteiger partial charge in [-0.1, -0.05) is 23.4 Å². The first-order valence-corrected chi connectivity index (χ1v) is 6.59. The molecule has 1 aliphatic heterocycles. The lowest BCUT2D eigenvalue weighted by Gasteiger charge is -2.09. The van der Waals surface area contributed by atoms with Crippen LogP contribution < -0.4 is 4.74 Å². The van der Waals surface area contributed by atoms with E-state index < -0.39 is 0 Å². The van der Waals surface area contributed by atoms with Crippen molar-refractivity contribution in [2.75, 3.05) is 6.61 Å². The first-order chi connectivity index (χ1) is 9.35. The molecular formula is C14H17N3O2. The SMILES string of the molecule is OCCCc1cn(CC2Cc3ccccc3O2)nn1. The van der Waals surface area contributed by atoms with Crippen LogP contribution >= 0.6 is 0 Å². The number of aliphatic hydroxyl groups is 1. The molecule has 3 rings (SSSR count). The van der Waals surface area contributed by atoms with E-state index in [1.165, 1.54) is 5.56 Å². The summed E-state index contributed by atoms with van der Waals surface area (Å²) in [6.07, 6.45) is 4.47. The summed E-state index contributed by atoms with van der Waals surface area (Å²) in [5, 5.41) is 17.0. The molecule has 2 aromatic rings. The van der Waals surface area contributed by atoms with Crippen LogP contribution in [0.1, 0.15) is 17.7 Å². The molecule has 0 fully saturated rings. The Bertz CT molecular complexity index is 528. The van der Waals surface area contributed by atoms with Crippen molar-refractivity contribution in [3.8, 4) is 5.75 Å². The number of para-hydroxylation sites is 1. The quantitative estimate of drug-likeness (QED) is 0.876. The Hall–Kier alpha value is -1.88. The lowest BCUT2D eigenvalue weighted by molar-refractivity contribution is 0.202. The topological polar surface area (TPSA) is 60.2 Å². The van der Waals surface area contributed by atoms with Crippen molar-refractivity contribution < 1.29 is 9.84 Å². The van der Waals surface area contributed by atoms with Crippen LogP contribution in [-0.4, -0.2) is 32.8 Å². The molecule has 0 amide bonds. The van der Waals surface area contributed by atoms with Gasteiger partial charge in [0.1, 0.15) is 11.9 Å². The van der Waals surface area contributed by atoms with Gasteiger partial charge in [-0.25, -0.2) is 4.68 Å². The van der Waals surface area contributed by atoms with Gasteiger partial charge < -0.3 is 9.84 Å². The standard InChI is InChI=1S/C14H17N3O2/c18-7-3-5-12-9-17(16-15-12)10-13-8-11-4-1-2-6-14(11)19-13/h1-2,4,6,9,13,18H,3,5,7-8,10H2. The summed E-state index contributed by atoms with van der Waals surface area (Å²) in [4.78, 5) is 0. The molecule has 0 saturated carbocycles. The molecular weight excluding hydrogens is 242 g/mol. The second kappa shape index (κ2) is 5.40. The molecule has 1 atom stereocenters. The van der Waals surface area contributed by atoms with Crippen LogP contribution in [0, 0.1) is 0 Å². The molecule has 2 heterocycles. The fraction of sp³-hybridized carbons (Fsp3) is 0.429. The van der Waals surface area contributed by atoms with E-state index in [1.807, 2.05) is 29.1 Å². The Morgan fingerprint density at radius 2 is 2.26 bits per heavy atom. The summed E-state index contributed by atoms with van der Waals surface area (Å²) in [5.41, 5.74) is 2.18. The average Bonchev–Trinajstić information content (AvgIpc) is 3.02. The van der Waals surface area contributed by atoms with Gasteiger partial charge in [-0.3, -0.25) is 0 Å². The van der Waals surface area contributed by atoms with Gasteiger partial charge in [0.2, 0.25) is 0 Å². The number of aliphatic hydroxyl groups excluding tert-OH is 1. The summed E-state index contributed by atoms with van der Waals surface area (Å²) in [6, 6.07) is 8.13. The van der Waals surface area contributed by atoms with Crippen LogP contribution in [0.15, 0.2) is 30.5 Å². The maximum atomic E-state index is 8.79. The molecule has 5 heteroatoms. The Kier molecular flexibility index (Phi) is 3.46. The number of hydrogen-bond donors (Lipinski definition) is 1. The molecule has 1 N–H and O–H groups in total. The second-order valence-corrected chi connectivity index (χ2v) is 4.81. The van der Waals surface area contributed by atoms with E-state index in [0.717, 1.165) is 30.7 Å². The van der Waals surface area contributed by atoms with Crippen LogP contribution in [0.3, 0.4) is 0 Å². The van der Waals surface area contributed by atoms with Gasteiger partial charge in [0, 0.05) is 19.2 Å². The molecule has 0 aliphatic carbocycles. The first kappa shape index (κ1) is 12.2. The van der Waals surface area contributed by atoms with Gasteiger partial charge in [-0.05, 0) is 24.5 Å². The number of ether oxygens (including phenoxy) is 1. The van der Waals surface area contributed by atoms with Crippen LogP contribution in [0.2, 0.25) is 0 Å². The number of rotatable bonds is 5. The molecule has 1 unspecified atom stereocenters. The predicted octanol–water partition coefficient (Wildman–Crippen LogP) is 1.21. The van der Waals surface area contributed by atoms with Crippen molar-refractivity contribution in [2.24, 2.45) is 0 Å². The number of hydrogen-bond acceptors (Lipinski definition) is 4. The van der Waals surface area contributed by atoms with Crippen molar-refractivity contribution in [1.29, 1.82) is 0 Å². The van der Waals surface area contributed by atoms with E-state index >= 15 is 0 Å².